The number of aryl methyl sites for hydroxylation is 2. The zero-order valence-corrected chi connectivity index (χ0v) is 22.7. The highest BCUT2D eigenvalue weighted by Gasteiger charge is 2.21. The van der Waals surface area contributed by atoms with Crippen LogP contribution in [0.4, 0.5) is 0 Å². The molecule has 3 aromatic rings. The number of Topliss-reactive ketones (excluding diaryl/α,β-unsaturated/α-hetero) is 1. The molecule has 196 valence electrons. The fourth-order valence-electron chi connectivity index (χ4n) is 4.84. The van der Waals surface area contributed by atoms with Crippen molar-refractivity contribution < 1.29 is 19.1 Å². The smallest absolute Gasteiger partial charge is 0.311 e. The topological polar surface area (TPSA) is 52.6 Å². The molecule has 0 fully saturated rings. The first-order valence-electron chi connectivity index (χ1n) is 13.4. The lowest BCUT2D eigenvalue weighted by Crippen LogP contribution is -2.10. The molecule has 0 amide bonds. The monoisotopic (exact) mass is 500 g/mol. The van der Waals surface area contributed by atoms with Crippen molar-refractivity contribution in [3.05, 3.63) is 94.5 Å². The number of esters is 1. The number of carbonyl (C=O) groups is 2. The summed E-state index contributed by atoms with van der Waals surface area (Å²) in [7, 11) is 1.69. The molecule has 4 heteroatoms. The summed E-state index contributed by atoms with van der Waals surface area (Å²) in [6.45, 7) is 5.84. The van der Waals surface area contributed by atoms with E-state index in [1.54, 1.807) is 14.0 Å². The van der Waals surface area contributed by atoms with Gasteiger partial charge in [-0.1, -0.05) is 68.1 Å². The summed E-state index contributed by atoms with van der Waals surface area (Å²) in [6, 6.07) is 22.7. The second-order valence-electron chi connectivity index (χ2n) is 9.88. The minimum absolute atomic E-state index is 0.0623. The third-order valence-electron chi connectivity index (χ3n) is 6.86. The lowest BCUT2D eigenvalue weighted by atomic mass is 9.81. The predicted octanol–water partition coefficient (Wildman–Crippen LogP) is 8.11. The molecule has 0 radical (unpaired) electrons. The van der Waals surface area contributed by atoms with Crippen LogP contribution in [0.5, 0.6) is 11.5 Å². The van der Waals surface area contributed by atoms with Gasteiger partial charge in [-0.2, -0.15) is 0 Å². The molecule has 37 heavy (non-hydrogen) atoms. The lowest BCUT2D eigenvalue weighted by Gasteiger charge is -2.23. The van der Waals surface area contributed by atoms with E-state index in [-0.39, 0.29) is 17.7 Å². The average molecular weight is 501 g/mol. The largest absolute Gasteiger partial charge is 0.497 e. The van der Waals surface area contributed by atoms with Gasteiger partial charge >= 0.3 is 5.97 Å². The number of methoxy groups -OCH3 is 1. The number of carbonyl (C=O) groups excluding carboxylic acids is 2. The Bertz CT molecular complexity index is 1170. The molecule has 0 bridgehead atoms. The summed E-state index contributed by atoms with van der Waals surface area (Å²) in [4.78, 5) is 23.4. The summed E-state index contributed by atoms with van der Waals surface area (Å²) in [5, 5.41) is 0. The Balaban J connectivity index is 1.64. The van der Waals surface area contributed by atoms with Crippen LogP contribution in [0.15, 0.2) is 66.7 Å². The number of unbranched alkanes of at least 4 members (excludes halogenated alkanes) is 5. The van der Waals surface area contributed by atoms with Gasteiger partial charge in [-0.25, -0.2) is 0 Å². The van der Waals surface area contributed by atoms with E-state index >= 15 is 0 Å². The zero-order valence-electron chi connectivity index (χ0n) is 22.7. The minimum Gasteiger partial charge on any atom is -0.497 e. The van der Waals surface area contributed by atoms with Gasteiger partial charge in [-0.3, -0.25) is 4.79 Å². The Labute approximate surface area is 222 Å². The molecule has 4 nitrogen and oxygen atoms in total. The fourth-order valence-corrected chi connectivity index (χ4v) is 4.84. The lowest BCUT2D eigenvalue weighted by molar-refractivity contribution is -0.134. The van der Waals surface area contributed by atoms with Crippen molar-refractivity contribution in [3.8, 4) is 11.5 Å². The molecule has 0 N–H and O–H groups in total. The van der Waals surface area contributed by atoms with Crippen molar-refractivity contribution in [1.82, 2.24) is 0 Å². The van der Waals surface area contributed by atoms with E-state index in [0.29, 0.717) is 18.6 Å². The highest BCUT2D eigenvalue weighted by molar-refractivity contribution is 5.75. The maximum atomic E-state index is 12.4. The Morgan fingerprint density at radius 2 is 1.24 bits per heavy atom. The second kappa shape index (κ2) is 14.4. The van der Waals surface area contributed by atoms with Crippen LogP contribution in [-0.4, -0.2) is 18.9 Å². The first kappa shape index (κ1) is 28.2. The molecule has 3 aromatic carbocycles. The predicted molar refractivity (Wildman–Crippen MR) is 150 cm³/mol. The molecule has 0 saturated heterocycles. The Hall–Kier alpha value is -3.40. The van der Waals surface area contributed by atoms with Crippen LogP contribution in [0.25, 0.3) is 0 Å². The second-order valence-corrected chi connectivity index (χ2v) is 9.88. The van der Waals surface area contributed by atoms with Crippen molar-refractivity contribution in [2.75, 3.05) is 7.11 Å². The van der Waals surface area contributed by atoms with Crippen molar-refractivity contribution in [1.29, 1.82) is 0 Å². The summed E-state index contributed by atoms with van der Waals surface area (Å²) in [6.07, 6.45) is 7.18. The number of ketones is 1. The number of ether oxygens (including phenoxy) is 2. The van der Waals surface area contributed by atoms with Gasteiger partial charge in [0.1, 0.15) is 17.3 Å². The van der Waals surface area contributed by atoms with E-state index < -0.39 is 0 Å². The van der Waals surface area contributed by atoms with Crippen LogP contribution < -0.4 is 9.47 Å². The van der Waals surface area contributed by atoms with Gasteiger partial charge in [-0.05, 0) is 85.7 Å². The van der Waals surface area contributed by atoms with Crippen molar-refractivity contribution >= 4 is 11.8 Å². The molecule has 0 aliphatic carbocycles. The molecule has 3 rings (SSSR count). The van der Waals surface area contributed by atoms with Crippen LogP contribution >= 0.6 is 0 Å². The van der Waals surface area contributed by atoms with Gasteiger partial charge in [0.25, 0.3) is 0 Å². The fraction of sp³-hybridized carbons (Fsp3) is 0.394. The maximum Gasteiger partial charge on any atom is 0.311 e. The quantitative estimate of drug-likeness (QED) is 0.0971. The Kier molecular flexibility index (Phi) is 10.9. The van der Waals surface area contributed by atoms with E-state index in [4.69, 9.17) is 9.47 Å². The van der Waals surface area contributed by atoms with Gasteiger partial charge in [0.15, 0.2) is 0 Å². The summed E-state index contributed by atoms with van der Waals surface area (Å²) >= 11 is 0. The molecule has 0 aromatic heterocycles. The third-order valence-corrected chi connectivity index (χ3v) is 6.86. The first-order chi connectivity index (χ1) is 17.9. The van der Waals surface area contributed by atoms with Crippen LogP contribution in [0.2, 0.25) is 0 Å². The van der Waals surface area contributed by atoms with Gasteiger partial charge in [-0.15, -0.1) is 0 Å². The maximum absolute atomic E-state index is 12.4. The Morgan fingerprint density at radius 1 is 0.703 bits per heavy atom. The third kappa shape index (κ3) is 8.59. The standard InChI is InChI=1S/C33H40O4/c1-24-22-28(36-4)18-20-30(24)33(27-15-11-9-12-16-27)31-21-19-29(23-25(31)2)37-32(35)17-13-8-6-5-7-10-14-26(3)34/h9,11-12,15-16,18-23,33H,5-8,10,13-14,17H2,1-4H3. The van der Waals surface area contributed by atoms with Crippen LogP contribution in [0.1, 0.15) is 92.0 Å². The van der Waals surface area contributed by atoms with E-state index in [1.807, 2.05) is 24.3 Å². The molecule has 1 atom stereocenters. The van der Waals surface area contributed by atoms with E-state index in [0.717, 1.165) is 49.8 Å². The van der Waals surface area contributed by atoms with E-state index in [2.05, 4.69) is 56.3 Å². The first-order valence-corrected chi connectivity index (χ1v) is 13.4. The molecular formula is C33H40O4. The molecule has 0 heterocycles. The number of rotatable bonds is 14. The van der Waals surface area contributed by atoms with Gasteiger partial charge in [0, 0.05) is 18.8 Å². The molecule has 0 aliphatic rings. The molecule has 0 spiro atoms. The highest BCUT2D eigenvalue weighted by Crippen LogP contribution is 2.37. The van der Waals surface area contributed by atoms with Gasteiger partial charge in [0.05, 0.1) is 7.11 Å². The van der Waals surface area contributed by atoms with E-state index in [1.165, 1.54) is 22.3 Å². The molecule has 0 saturated carbocycles. The number of benzene rings is 3. The van der Waals surface area contributed by atoms with Crippen LogP contribution in [0.3, 0.4) is 0 Å². The average Bonchev–Trinajstić information content (AvgIpc) is 2.88. The zero-order chi connectivity index (χ0) is 26.6. The van der Waals surface area contributed by atoms with Crippen molar-refractivity contribution in [2.24, 2.45) is 0 Å². The molecule has 1 unspecified atom stereocenters. The Morgan fingerprint density at radius 3 is 1.81 bits per heavy atom. The van der Waals surface area contributed by atoms with Crippen LogP contribution in [-0.2, 0) is 9.59 Å². The van der Waals surface area contributed by atoms with Crippen LogP contribution in [0, 0.1) is 13.8 Å². The van der Waals surface area contributed by atoms with Crippen molar-refractivity contribution in [3.63, 3.8) is 0 Å². The molecule has 0 aliphatic heterocycles. The summed E-state index contributed by atoms with van der Waals surface area (Å²) < 4.78 is 11.1. The highest BCUT2D eigenvalue weighted by atomic mass is 16.5. The van der Waals surface area contributed by atoms with Gasteiger partial charge < -0.3 is 14.3 Å². The SMILES string of the molecule is COc1ccc(C(c2ccccc2)c2ccc(OC(=O)CCCCCCCCC(C)=O)cc2C)c(C)c1. The number of hydrogen-bond acceptors (Lipinski definition) is 4. The van der Waals surface area contributed by atoms with Gasteiger partial charge in [0.2, 0.25) is 0 Å². The normalized spacial score (nSPS) is 11.7. The summed E-state index contributed by atoms with van der Waals surface area (Å²) in [5.41, 5.74) is 5.87. The summed E-state index contributed by atoms with van der Waals surface area (Å²) in [5.74, 6) is 1.58. The van der Waals surface area contributed by atoms with Crippen molar-refractivity contribution in [2.45, 2.75) is 78.1 Å². The molecular weight excluding hydrogens is 460 g/mol. The number of hydrogen-bond donors (Lipinski definition) is 0. The minimum atomic E-state index is -0.186. The van der Waals surface area contributed by atoms with E-state index in [9.17, 15) is 9.59 Å².